The molecule has 1 heterocycles. The summed E-state index contributed by atoms with van der Waals surface area (Å²) in [7, 11) is 0. The number of fused-ring (bicyclic) bond motifs is 1. The Morgan fingerprint density at radius 1 is 1.25 bits per heavy atom. The van der Waals surface area contributed by atoms with Crippen LogP contribution >= 0.6 is 23.8 Å². The first kappa shape index (κ1) is 13.2. The number of aromatic nitrogens is 2. The molecule has 0 aliphatic rings. The number of rotatable bonds is 3. The van der Waals surface area contributed by atoms with Crippen LogP contribution in [-0.2, 0) is 0 Å². The van der Waals surface area contributed by atoms with E-state index in [1.54, 1.807) is 0 Å². The van der Waals surface area contributed by atoms with Gasteiger partial charge in [-0.15, -0.1) is 0 Å². The second-order valence-corrected chi connectivity index (χ2v) is 5.15. The van der Waals surface area contributed by atoms with Gasteiger partial charge in [-0.3, -0.25) is 4.57 Å². The minimum Gasteiger partial charge on any atom is -0.492 e. The largest absolute Gasteiger partial charge is 0.492 e. The van der Waals surface area contributed by atoms with Gasteiger partial charge in [0, 0.05) is 5.02 Å². The predicted octanol–water partition coefficient (Wildman–Crippen LogP) is 4.74. The van der Waals surface area contributed by atoms with Crippen LogP contribution in [0.15, 0.2) is 42.5 Å². The summed E-state index contributed by atoms with van der Waals surface area (Å²) in [4.78, 5) is 3.17. The number of para-hydroxylation sites is 2. The van der Waals surface area contributed by atoms with Gasteiger partial charge in [0.25, 0.3) is 0 Å². The maximum absolute atomic E-state index is 6.02. The van der Waals surface area contributed by atoms with Crippen LogP contribution in [0.25, 0.3) is 16.7 Å². The molecule has 3 nitrogen and oxygen atoms in total. The zero-order valence-corrected chi connectivity index (χ0v) is 12.5. The Hall–Kier alpha value is -1.78. The summed E-state index contributed by atoms with van der Waals surface area (Å²) in [5.41, 5.74) is 2.81. The lowest BCUT2D eigenvalue weighted by Gasteiger charge is -2.11. The summed E-state index contributed by atoms with van der Waals surface area (Å²) >= 11 is 11.5. The van der Waals surface area contributed by atoms with Crippen LogP contribution in [0.5, 0.6) is 5.75 Å². The number of ether oxygens (including phenoxy) is 1. The Bertz CT molecular complexity index is 822. The highest BCUT2D eigenvalue weighted by molar-refractivity contribution is 7.71. The summed E-state index contributed by atoms with van der Waals surface area (Å²) in [5, 5.41) is 0.680. The predicted molar refractivity (Wildman–Crippen MR) is 84.6 cm³/mol. The van der Waals surface area contributed by atoms with E-state index in [4.69, 9.17) is 28.6 Å². The van der Waals surface area contributed by atoms with Crippen molar-refractivity contribution in [3.05, 3.63) is 52.3 Å². The fraction of sp³-hybridized carbons (Fsp3) is 0.133. The van der Waals surface area contributed by atoms with Gasteiger partial charge < -0.3 is 9.72 Å². The Labute approximate surface area is 126 Å². The van der Waals surface area contributed by atoms with Crippen LogP contribution in [0, 0.1) is 4.77 Å². The summed E-state index contributed by atoms with van der Waals surface area (Å²) in [6, 6.07) is 13.5. The van der Waals surface area contributed by atoms with E-state index in [1.165, 1.54) is 0 Å². The molecule has 0 aliphatic carbocycles. The molecule has 0 saturated carbocycles. The fourth-order valence-electron chi connectivity index (χ4n) is 2.24. The number of benzene rings is 2. The second kappa shape index (κ2) is 5.31. The second-order valence-electron chi connectivity index (χ2n) is 4.33. The van der Waals surface area contributed by atoms with Gasteiger partial charge in [0.05, 0.1) is 23.3 Å². The molecule has 0 atom stereocenters. The molecule has 5 heteroatoms. The van der Waals surface area contributed by atoms with Crippen molar-refractivity contribution in [1.29, 1.82) is 0 Å². The molecule has 0 bridgehead atoms. The number of H-pyrrole nitrogens is 1. The first-order chi connectivity index (χ1) is 9.70. The minimum atomic E-state index is 0.610. The quantitative estimate of drug-likeness (QED) is 0.708. The summed E-state index contributed by atoms with van der Waals surface area (Å²) in [6.07, 6.45) is 0. The van der Waals surface area contributed by atoms with E-state index in [0.717, 1.165) is 22.5 Å². The number of nitrogens with zero attached hydrogens (tertiary/aromatic N) is 1. The Morgan fingerprint density at radius 3 is 2.85 bits per heavy atom. The Balaban J connectivity index is 2.30. The highest BCUT2D eigenvalue weighted by Crippen LogP contribution is 2.28. The fourth-order valence-corrected chi connectivity index (χ4v) is 2.72. The summed E-state index contributed by atoms with van der Waals surface area (Å²) in [6.45, 7) is 2.57. The number of nitrogens with one attached hydrogen (secondary N) is 1. The molecular weight excluding hydrogens is 292 g/mol. The van der Waals surface area contributed by atoms with Crippen LogP contribution in [-0.4, -0.2) is 16.2 Å². The van der Waals surface area contributed by atoms with Crippen molar-refractivity contribution < 1.29 is 4.74 Å². The number of hydrogen-bond donors (Lipinski definition) is 1. The summed E-state index contributed by atoms with van der Waals surface area (Å²) in [5.74, 6) is 0.807. The molecule has 0 amide bonds. The van der Waals surface area contributed by atoms with E-state index in [9.17, 15) is 0 Å². The van der Waals surface area contributed by atoms with E-state index < -0.39 is 0 Å². The molecule has 1 aromatic heterocycles. The van der Waals surface area contributed by atoms with Crippen molar-refractivity contribution in [2.75, 3.05) is 6.61 Å². The topological polar surface area (TPSA) is 29.9 Å². The van der Waals surface area contributed by atoms with Crippen molar-refractivity contribution in [3.63, 3.8) is 0 Å². The third-order valence-electron chi connectivity index (χ3n) is 3.05. The van der Waals surface area contributed by atoms with Gasteiger partial charge in [-0.05, 0) is 49.5 Å². The number of hydrogen-bond acceptors (Lipinski definition) is 2. The third-order valence-corrected chi connectivity index (χ3v) is 3.57. The molecular formula is C15H13ClN2OS. The average Bonchev–Trinajstić information content (AvgIpc) is 2.75. The molecule has 0 unspecified atom stereocenters. The van der Waals surface area contributed by atoms with Crippen molar-refractivity contribution >= 4 is 34.9 Å². The third kappa shape index (κ3) is 2.21. The lowest BCUT2D eigenvalue weighted by Crippen LogP contribution is -2.00. The monoisotopic (exact) mass is 304 g/mol. The van der Waals surface area contributed by atoms with Gasteiger partial charge in [-0.25, -0.2) is 0 Å². The van der Waals surface area contributed by atoms with Gasteiger partial charge >= 0.3 is 0 Å². The van der Waals surface area contributed by atoms with Crippen molar-refractivity contribution in [3.8, 4) is 11.4 Å². The SMILES string of the molecule is CCOc1ccccc1-n1c(=S)[nH]c2cc(Cl)ccc21. The van der Waals surface area contributed by atoms with Crippen LogP contribution in [0.1, 0.15) is 6.92 Å². The van der Waals surface area contributed by atoms with Crippen LogP contribution < -0.4 is 4.74 Å². The van der Waals surface area contributed by atoms with E-state index in [0.29, 0.717) is 16.4 Å². The van der Waals surface area contributed by atoms with Crippen molar-refractivity contribution in [2.24, 2.45) is 0 Å². The number of aromatic amines is 1. The van der Waals surface area contributed by atoms with Crippen molar-refractivity contribution in [1.82, 2.24) is 9.55 Å². The maximum Gasteiger partial charge on any atom is 0.182 e. The smallest absolute Gasteiger partial charge is 0.182 e. The number of imidazole rings is 1. The van der Waals surface area contributed by atoms with E-state index in [-0.39, 0.29) is 0 Å². The average molecular weight is 305 g/mol. The summed E-state index contributed by atoms with van der Waals surface area (Å²) < 4.78 is 8.27. The van der Waals surface area contributed by atoms with E-state index in [1.807, 2.05) is 54.0 Å². The molecule has 0 spiro atoms. The Morgan fingerprint density at radius 2 is 2.05 bits per heavy atom. The normalized spacial score (nSPS) is 10.9. The highest BCUT2D eigenvalue weighted by Gasteiger charge is 2.11. The molecule has 2 aromatic carbocycles. The zero-order valence-electron chi connectivity index (χ0n) is 10.9. The number of halogens is 1. The lowest BCUT2D eigenvalue weighted by atomic mass is 10.2. The maximum atomic E-state index is 6.02. The van der Waals surface area contributed by atoms with Crippen LogP contribution in [0.3, 0.4) is 0 Å². The van der Waals surface area contributed by atoms with Crippen LogP contribution in [0.2, 0.25) is 5.02 Å². The molecule has 0 aliphatic heterocycles. The molecule has 0 radical (unpaired) electrons. The molecule has 102 valence electrons. The van der Waals surface area contributed by atoms with Crippen LogP contribution in [0.4, 0.5) is 0 Å². The Kier molecular flexibility index (Phi) is 3.51. The van der Waals surface area contributed by atoms with Gasteiger partial charge in [0.2, 0.25) is 0 Å². The molecule has 20 heavy (non-hydrogen) atoms. The molecule has 0 saturated heterocycles. The molecule has 3 rings (SSSR count). The van der Waals surface area contributed by atoms with E-state index >= 15 is 0 Å². The van der Waals surface area contributed by atoms with Gasteiger partial charge in [0.1, 0.15) is 5.75 Å². The highest BCUT2D eigenvalue weighted by atomic mass is 35.5. The van der Waals surface area contributed by atoms with Gasteiger partial charge in [0.15, 0.2) is 4.77 Å². The first-order valence-electron chi connectivity index (χ1n) is 6.33. The van der Waals surface area contributed by atoms with Gasteiger partial charge in [-0.1, -0.05) is 23.7 Å². The lowest BCUT2D eigenvalue weighted by molar-refractivity contribution is 0.339. The van der Waals surface area contributed by atoms with Crippen molar-refractivity contribution in [2.45, 2.75) is 6.92 Å². The first-order valence-corrected chi connectivity index (χ1v) is 7.12. The van der Waals surface area contributed by atoms with E-state index in [2.05, 4.69) is 4.98 Å². The van der Waals surface area contributed by atoms with Gasteiger partial charge in [-0.2, -0.15) is 0 Å². The molecule has 1 N–H and O–H groups in total. The molecule has 3 aromatic rings. The standard InChI is InChI=1S/C15H13ClN2OS/c1-2-19-14-6-4-3-5-13(14)18-12-8-7-10(16)9-11(12)17-15(18)20/h3-9H,2H2,1H3,(H,17,20). The zero-order chi connectivity index (χ0) is 14.1. The molecule has 0 fully saturated rings. The minimum absolute atomic E-state index is 0.610.